The average molecular weight is 413 g/mol. The van der Waals surface area contributed by atoms with Crippen LogP contribution in [0.5, 0.6) is 0 Å². The molecule has 3 aromatic rings. The number of nitrogens with one attached hydrogen (secondary N) is 4. The van der Waals surface area contributed by atoms with Gasteiger partial charge in [0.25, 0.3) is 0 Å². The molecule has 1 saturated carbocycles. The van der Waals surface area contributed by atoms with Gasteiger partial charge in [-0.1, -0.05) is 11.6 Å². The van der Waals surface area contributed by atoms with Crippen molar-refractivity contribution in [1.82, 2.24) is 25.6 Å². The second-order valence-corrected chi connectivity index (χ2v) is 7.88. The molecule has 4 N–H and O–H groups in total. The summed E-state index contributed by atoms with van der Waals surface area (Å²) in [4.78, 5) is 24.1. The average Bonchev–Trinajstić information content (AvgIpc) is 3.13. The van der Waals surface area contributed by atoms with Crippen LogP contribution in [0.3, 0.4) is 0 Å². The van der Waals surface area contributed by atoms with E-state index in [2.05, 4.69) is 25.9 Å². The lowest BCUT2D eigenvalue weighted by Gasteiger charge is -2.30. The highest BCUT2D eigenvalue weighted by atomic mass is 35.5. The number of aromatic amines is 1. The van der Waals surface area contributed by atoms with Crippen LogP contribution in [0.4, 0.5) is 5.82 Å². The van der Waals surface area contributed by atoms with Crippen molar-refractivity contribution in [3.05, 3.63) is 41.7 Å². The number of likely N-dealkylation sites (N-methyl/N-ethyl adjacent to an activating group) is 1. The zero-order valence-electron chi connectivity index (χ0n) is 16.3. The summed E-state index contributed by atoms with van der Waals surface area (Å²) in [6, 6.07) is 8.23. The minimum absolute atomic E-state index is 0.0540. The molecule has 0 aromatic carbocycles. The van der Waals surface area contributed by atoms with Crippen LogP contribution in [0.15, 0.2) is 36.7 Å². The van der Waals surface area contributed by atoms with E-state index in [1.807, 2.05) is 30.5 Å². The number of hydrogen-bond acceptors (Lipinski definition) is 5. The third kappa shape index (κ3) is 4.68. The Kier molecular flexibility index (Phi) is 5.97. The summed E-state index contributed by atoms with van der Waals surface area (Å²) in [5.41, 5.74) is 2.62. The number of fused-ring (bicyclic) bond motifs is 1. The highest BCUT2D eigenvalue weighted by molar-refractivity contribution is 6.31. The number of carbonyl (C=O) groups excluding carboxylic acids is 1. The Morgan fingerprint density at radius 2 is 2.03 bits per heavy atom. The van der Waals surface area contributed by atoms with Gasteiger partial charge in [0, 0.05) is 40.4 Å². The van der Waals surface area contributed by atoms with Crippen molar-refractivity contribution < 1.29 is 4.79 Å². The fraction of sp³-hybridized carbons (Fsp3) is 0.381. The molecule has 1 aliphatic carbocycles. The molecule has 0 spiro atoms. The Bertz CT molecular complexity index is 996. The van der Waals surface area contributed by atoms with E-state index in [9.17, 15) is 4.79 Å². The minimum atomic E-state index is 0.0540. The number of aromatic nitrogens is 3. The lowest BCUT2D eigenvalue weighted by Crippen LogP contribution is -2.43. The molecule has 1 fully saturated rings. The third-order valence-electron chi connectivity index (χ3n) is 5.30. The van der Waals surface area contributed by atoms with Gasteiger partial charge >= 0.3 is 0 Å². The van der Waals surface area contributed by atoms with Gasteiger partial charge in [0.2, 0.25) is 5.91 Å². The number of hydrogen-bond donors (Lipinski definition) is 4. The largest absolute Gasteiger partial charge is 0.367 e. The van der Waals surface area contributed by atoms with Gasteiger partial charge in [-0.2, -0.15) is 0 Å². The molecule has 4 rings (SSSR count). The van der Waals surface area contributed by atoms with E-state index in [-0.39, 0.29) is 11.9 Å². The Labute approximate surface area is 174 Å². The summed E-state index contributed by atoms with van der Waals surface area (Å²) in [6.07, 6.45) is 7.54. The normalized spacial score (nSPS) is 19.2. The van der Waals surface area contributed by atoms with E-state index in [0.717, 1.165) is 53.8 Å². The molecular formula is C21H25ClN6O. The molecule has 0 bridgehead atoms. The molecule has 0 unspecified atom stereocenters. The highest BCUT2D eigenvalue weighted by Gasteiger charge is 2.22. The van der Waals surface area contributed by atoms with Crippen molar-refractivity contribution in [1.29, 1.82) is 0 Å². The first-order valence-corrected chi connectivity index (χ1v) is 10.3. The maximum atomic E-state index is 11.7. The summed E-state index contributed by atoms with van der Waals surface area (Å²) in [7, 11) is 1.78. The molecular weight excluding hydrogens is 388 g/mol. The van der Waals surface area contributed by atoms with E-state index in [0.29, 0.717) is 17.6 Å². The first-order valence-electron chi connectivity index (χ1n) is 9.93. The minimum Gasteiger partial charge on any atom is -0.367 e. The fourth-order valence-corrected chi connectivity index (χ4v) is 4.11. The number of H-pyrrole nitrogens is 1. The van der Waals surface area contributed by atoms with E-state index in [4.69, 9.17) is 16.6 Å². The zero-order valence-corrected chi connectivity index (χ0v) is 17.1. The van der Waals surface area contributed by atoms with Crippen molar-refractivity contribution >= 4 is 34.4 Å². The van der Waals surface area contributed by atoms with Crippen LogP contribution in [0.1, 0.15) is 25.7 Å². The summed E-state index contributed by atoms with van der Waals surface area (Å²) in [5, 5.41) is 11.1. The molecule has 8 heteroatoms. The topological polar surface area (TPSA) is 94.7 Å². The quantitative estimate of drug-likeness (QED) is 0.498. The number of pyridine rings is 2. The SMILES string of the molecule is CNCC(=O)NC1CCC(Nc2cc(Cl)cc(-c3c[nH]c4ncccc34)n2)CC1. The molecule has 152 valence electrons. The van der Waals surface area contributed by atoms with Crippen LogP contribution in [0, 0.1) is 0 Å². The standard InChI is InChI=1S/C21H25ClN6O/c1-23-12-20(29)27-15-6-4-14(5-7-15)26-19-10-13(22)9-18(28-19)17-11-25-21-16(17)3-2-8-24-21/h2-3,8-11,14-15,23H,4-7,12H2,1H3,(H,24,25)(H,26,28)(H,27,29). The van der Waals surface area contributed by atoms with Gasteiger partial charge < -0.3 is 20.9 Å². The lowest BCUT2D eigenvalue weighted by molar-refractivity contribution is -0.121. The number of nitrogens with zero attached hydrogens (tertiary/aromatic N) is 2. The lowest BCUT2D eigenvalue weighted by atomic mass is 9.91. The van der Waals surface area contributed by atoms with Crippen molar-refractivity contribution in [3.63, 3.8) is 0 Å². The fourth-order valence-electron chi connectivity index (χ4n) is 3.91. The van der Waals surface area contributed by atoms with E-state index >= 15 is 0 Å². The summed E-state index contributed by atoms with van der Waals surface area (Å²) in [5.74, 6) is 0.826. The molecule has 1 aliphatic rings. The molecule has 1 amide bonds. The van der Waals surface area contributed by atoms with Crippen LogP contribution in [0.25, 0.3) is 22.3 Å². The van der Waals surface area contributed by atoms with Gasteiger partial charge in [0.1, 0.15) is 11.5 Å². The molecule has 29 heavy (non-hydrogen) atoms. The second-order valence-electron chi connectivity index (χ2n) is 7.45. The number of carbonyl (C=O) groups is 1. The Hall–Kier alpha value is -2.64. The van der Waals surface area contributed by atoms with E-state index in [1.54, 1.807) is 13.2 Å². The first kappa shape index (κ1) is 19.7. The van der Waals surface area contributed by atoms with Gasteiger partial charge in [-0.15, -0.1) is 0 Å². The Balaban J connectivity index is 1.43. The molecule has 3 heterocycles. The van der Waals surface area contributed by atoms with Crippen LogP contribution in [0.2, 0.25) is 5.02 Å². The molecule has 0 atom stereocenters. The van der Waals surface area contributed by atoms with Crippen LogP contribution < -0.4 is 16.0 Å². The zero-order chi connectivity index (χ0) is 20.2. The summed E-state index contributed by atoms with van der Waals surface area (Å²) < 4.78 is 0. The second kappa shape index (κ2) is 8.80. The van der Waals surface area contributed by atoms with Crippen molar-refractivity contribution in [2.45, 2.75) is 37.8 Å². The number of halogens is 1. The van der Waals surface area contributed by atoms with Crippen molar-refractivity contribution in [2.75, 3.05) is 18.9 Å². The molecule has 3 aromatic heterocycles. The van der Waals surface area contributed by atoms with Gasteiger partial charge in [-0.05, 0) is 57.0 Å². The monoisotopic (exact) mass is 412 g/mol. The molecule has 7 nitrogen and oxygen atoms in total. The molecule has 0 aliphatic heterocycles. The van der Waals surface area contributed by atoms with Gasteiger partial charge in [-0.3, -0.25) is 4.79 Å². The van der Waals surface area contributed by atoms with Crippen LogP contribution in [-0.4, -0.2) is 46.5 Å². The van der Waals surface area contributed by atoms with E-state index in [1.165, 1.54) is 0 Å². The molecule has 0 saturated heterocycles. The number of amides is 1. The predicted molar refractivity (Wildman–Crippen MR) is 116 cm³/mol. The number of rotatable bonds is 6. The van der Waals surface area contributed by atoms with Crippen molar-refractivity contribution in [2.24, 2.45) is 0 Å². The first-order chi connectivity index (χ1) is 14.1. The van der Waals surface area contributed by atoms with E-state index < -0.39 is 0 Å². The third-order valence-corrected chi connectivity index (χ3v) is 5.52. The Morgan fingerprint density at radius 1 is 1.24 bits per heavy atom. The summed E-state index contributed by atoms with van der Waals surface area (Å²) >= 11 is 6.39. The van der Waals surface area contributed by atoms with Crippen molar-refractivity contribution in [3.8, 4) is 11.3 Å². The molecule has 0 radical (unpaired) electrons. The Morgan fingerprint density at radius 3 is 2.83 bits per heavy atom. The van der Waals surface area contributed by atoms with Gasteiger partial charge in [0.15, 0.2) is 0 Å². The maximum Gasteiger partial charge on any atom is 0.234 e. The maximum absolute atomic E-state index is 11.7. The highest BCUT2D eigenvalue weighted by Crippen LogP contribution is 2.30. The summed E-state index contributed by atoms with van der Waals surface area (Å²) in [6.45, 7) is 0.358. The van der Waals surface area contributed by atoms with Gasteiger partial charge in [0.05, 0.1) is 12.2 Å². The van der Waals surface area contributed by atoms with Crippen LogP contribution >= 0.6 is 11.6 Å². The van der Waals surface area contributed by atoms with Crippen LogP contribution in [-0.2, 0) is 4.79 Å². The predicted octanol–water partition coefficient (Wildman–Crippen LogP) is 3.34. The number of anilines is 1. The smallest absolute Gasteiger partial charge is 0.234 e. The van der Waals surface area contributed by atoms with Gasteiger partial charge in [-0.25, -0.2) is 9.97 Å².